The molecule has 0 unspecified atom stereocenters. The van der Waals surface area contributed by atoms with Crippen LogP contribution >= 0.6 is 0 Å². The third kappa shape index (κ3) is 14.9. The Morgan fingerprint density at radius 2 is 0.914 bits per heavy atom. The van der Waals surface area contributed by atoms with Crippen molar-refractivity contribution in [2.45, 2.75) is 138 Å². The summed E-state index contributed by atoms with van der Waals surface area (Å²) in [7, 11) is 1.67. The number of carbonyl (C=O) groups is 4. The second-order valence-corrected chi connectivity index (χ2v) is 24.8. The Morgan fingerprint density at radius 3 is 1.37 bits per heavy atom. The predicted molar refractivity (Wildman–Crippen MR) is 369 cm³/mol. The van der Waals surface area contributed by atoms with Crippen LogP contribution in [0.1, 0.15) is 160 Å². The molecule has 0 radical (unpaired) electrons. The fourth-order valence-corrected chi connectivity index (χ4v) is 12.9. The zero-order valence-corrected chi connectivity index (χ0v) is 55.4. The van der Waals surface area contributed by atoms with Crippen molar-refractivity contribution in [3.63, 3.8) is 0 Å². The van der Waals surface area contributed by atoms with Gasteiger partial charge in [0.1, 0.15) is 5.75 Å². The fraction of sp³-hybridized carbons (Fsp3) is 0.359. The maximum Gasteiger partial charge on any atom is 0.274 e. The minimum Gasteiger partial charge on any atom is -0.496 e. The van der Waals surface area contributed by atoms with Gasteiger partial charge in [-0.2, -0.15) is 10.2 Å². The van der Waals surface area contributed by atoms with Crippen LogP contribution < -0.4 is 4.74 Å². The molecule has 0 saturated heterocycles. The number of hydrogen-bond acceptors (Lipinski definition) is 9. The number of rotatable bonds is 23. The summed E-state index contributed by atoms with van der Waals surface area (Å²) in [5.41, 5.74) is 13.8. The highest BCUT2D eigenvalue weighted by atomic mass is 16.5. The summed E-state index contributed by atoms with van der Waals surface area (Å²) in [6.45, 7) is 17.7. The van der Waals surface area contributed by atoms with E-state index in [9.17, 15) is 29.4 Å². The number of aryl methyl sites for hydroxylation is 3. The van der Waals surface area contributed by atoms with Gasteiger partial charge in [-0.1, -0.05) is 174 Å². The molecule has 9 aromatic rings. The van der Waals surface area contributed by atoms with Crippen LogP contribution in [0.5, 0.6) is 5.75 Å². The van der Waals surface area contributed by atoms with Gasteiger partial charge in [0.2, 0.25) is 0 Å². The minimum atomic E-state index is -0.373. The Bertz CT molecular complexity index is 4090. The van der Waals surface area contributed by atoms with Crippen LogP contribution in [0, 0.1) is 20.8 Å². The lowest BCUT2D eigenvalue weighted by molar-refractivity contribution is 0.0539. The average Bonchev–Trinajstić information content (AvgIpc) is 1.78. The van der Waals surface area contributed by atoms with Gasteiger partial charge in [0.05, 0.1) is 54.9 Å². The maximum absolute atomic E-state index is 14.8. The first kappa shape index (κ1) is 66.7. The van der Waals surface area contributed by atoms with Gasteiger partial charge in [-0.15, -0.1) is 0 Å². The Balaban J connectivity index is 0.000000205. The highest BCUT2D eigenvalue weighted by Gasteiger charge is 2.35. The van der Waals surface area contributed by atoms with Gasteiger partial charge in [-0.3, -0.25) is 19.2 Å². The molecule has 4 heterocycles. The number of unbranched alkanes of at least 4 members (excludes halogenated alkanes) is 4. The molecule has 4 amide bonds. The number of hydrogen-bond donors (Lipinski definition) is 2. The summed E-state index contributed by atoms with van der Waals surface area (Å²) < 4.78 is 9.11. The first-order valence-electron chi connectivity index (χ1n) is 33.3. The summed E-state index contributed by atoms with van der Waals surface area (Å²) in [6, 6.07) is 51.1. The topological polar surface area (TPSA) is 167 Å². The normalized spacial score (nSPS) is 14.3. The number of benzene rings is 7. The standard InChI is InChI=1S/C41H46N4O4.C37H44N4O3/c1-5-7-21-43(22-8-6-2)41(48)37-23-28(3)45(42-37)38-19-17-30(33-18-20-39(49-4)35-16-12-11-15-34(33)35)25-36(38)40(47)44-26-31-14-10-9-13-29(31)24-32(44)27-46;1-5-7-18-39(19-8-6-2)37(44)34-21-27(4)41(38-34)35-17-16-30(28-15-11-12-26(3)20-28)23-33(35)36(43)40-24-31-14-10-9-13-29(31)22-32(40)25-42/h9-20,23,25,32,46H,5-8,21-22,24,26-27H2,1-4H3;9-17,20-21,23,32,42H,5-8,18-19,22,24-25H2,1-4H3/t2*32-/m00/s1. The van der Waals surface area contributed by atoms with E-state index in [4.69, 9.17) is 14.9 Å². The second kappa shape index (κ2) is 31.0. The number of aliphatic hydroxyl groups is 2. The molecule has 0 bridgehead atoms. The van der Waals surface area contributed by atoms with Gasteiger partial charge in [-0.05, 0) is 152 Å². The third-order valence-electron chi connectivity index (χ3n) is 18.2. The summed E-state index contributed by atoms with van der Waals surface area (Å²) in [5, 5.41) is 32.5. The van der Waals surface area contributed by atoms with Crippen molar-refractivity contribution >= 4 is 34.4 Å². The zero-order chi connectivity index (χ0) is 65.7. The molecule has 2 aliphatic heterocycles. The number of amides is 4. The highest BCUT2D eigenvalue weighted by Crippen LogP contribution is 2.38. The molecule has 15 heteroatoms. The van der Waals surface area contributed by atoms with Gasteiger partial charge in [0.15, 0.2) is 11.4 Å². The van der Waals surface area contributed by atoms with Crippen molar-refractivity contribution in [3.05, 3.63) is 219 Å². The summed E-state index contributed by atoms with van der Waals surface area (Å²) in [6.07, 6.45) is 8.94. The number of ether oxygens (including phenoxy) is 1. The Hall–Kier alpha value is -9.18. The number of carbonyl (C=O) groups excluding carboxylic acids is 4. The Morgan fingerprint density at radius 1 is 0.484 bits per heavy atom. The number of methoxy groups -OCH3 is 1. The lowest BCUT2D eigenvalue weighted by atomic mass is 9.92. The van der Waals surface area contributed by atoms with Gasteiger partial charge < -0.3 is 34.5 Å². The van der Waals surface area contributed by atoms with E-state index in [2.05, 4.69) is 65.0 Å². The molecule has 0 fully saturated rings. The first-order valence-corrected chi connectivity index (χ1v) is 33.3. The summed E-state index contributed by atoms with van der Waals surface area (Å²) in [5.74, 6) is 0.245. The van der Waals surface area contributed by atoms with E-state index in [0.717, 1.165) is 129 Å². The van der Waals surface area contributed by atoms with Gasteiger partial charge in [-0.25, -0.2) is 9.36 Å². The van der Waals surface area contributed by atoms with E-state index in [1.165, 1.54) is 0 Å². The van der Waals surface area contributed by atoms with Crippen LogP contribution in [0.2, 0.25) is 0 Å². The van der Waals surface area contributed by atoms with E-state index in [1.54, 1.807) is 26.3 Å². The number of fused-ring (bicyclic) bond motifs is 3. The molecular weight excluding hydrogens is 1160 g/mol. The predicted octanol–water partition coefficient (Wildman–Crippen LogP) is 14.4. The molecule has 11 rings (SSSR count). The molecule has 93 heavy (non-hydrogen) atoms. The Kier molecular flexibility index (Phi) is 22.2. The second-order valence-electron chi connectivity index (χ2n) is 24.8. The molecule has 2 N–H and O–H groups in total. The Labute approximate surface area is 548 Å². The number of aromatic nitrogens is 4. The molecule has 0 spiro atoms. The minimum absolute atomic E-state index is 0.0778. The van der Waals surface area contributed by atoms with Crippen molar-refractivity contribution in [3.8, 4) is 39.4 Å². The van der Waals surface area contributed by atoms with E-state index < -0.39 is 0 Å². The number of nitrogens with zero attached hydrogens (tertiary/aromatic N) is 8. The van der Waals surface area contributed by atoms with Crippen LogP contribution in [-0.4, -0.2) is 132 Å². The van der Waals surface area contributed by atoms with Crippen molar-refractivity contribution in [2.75, 3.05) is 46.5 Å². The molecule has 484 valence electrons. The van der Waals surface area contributed by atoms with Crippen LogP contribution in [0.3, 0.4) is 0 Å². The quantitative estimate of drug-likeness (QED) is 0.0634. The largest absolute Gasteiger partial charge is 0.496 e. The first-order chi connectivity index (χ1) is 45.2. The average molecular weight is 1250 g/mol. The SMILES string of the molecule is CCCCN(CCCC)C(=O)c1cc(C)n(-c2ccc(-c3ccc(OC)c4ccccc34)cc2C(=O)N2Cc3ccccc3C[C@H]2CO)n1.CCCCN(CCCC)C(=O)c1cc(C)n(-c2ccc(-c3cccc(C)c3)cc2C(=O)N2Cc3ccccc3C[C@H]2CO)n1. The molecule has 2 atom stereocenters. The fourth-order valence-electron chi connectivity index (χ4n) is 12.9. The molecule has 7 aromatic carbocycles. The monoisotopic (exact) mass is 1250 g/mol. The van der Waals surface area contributed by atoms with Crippen molar-refractivity contribution in [2.24, 2.45) is 0 Å². The van der Waals surface area contributed by atoms with Gasteiger partial charge in [0.25, 0.3) is 23.6 Å². The lowest BCUT2D eigenvalue weighted by Crippen LogP contribution is -2.46. The molecule has 2 aliphatic rings. The molecule has 15 nitrogen and oxygen atoms in total. The van der Waals surface area contributed by atoms with Crippen LogP contribution in [0.25, 0.3) is 44.4 Å². The lowest BCUT2D eigenvalue weighted by Gasteiger charge is -2.36. The zero-order valence-electron chi connectivity index (χ0n) is 55.4. The molecule has 0 aliphatic carbocycles. The maximum atomic E-state index is 14.8. The van der Waals surface area contributed by atoms with Gasteiger partial charge >= 0.3 is 0 Å². The third-order valence-corrected chi connectivity index (χ3v) is 18.2. The summed E-state index contributed by atoms with van der Waals surface area (Å²) >= 11 is 0. The van der Waals surface area contributed by atoms with Crippen LogP contribution in [0.4, 0.5) is 0 Å². The van der Waals surface area contributed by atoms with Crippen molar-refractivity contribution in [1.82, 2.24) is 39.2 Å². The number of aliphatic hydroxyl groups excluding tert-OH is 2. The van der Waals surface area contributed by atoms with Crippen molar-refractivity contribution < 1.29 is 34.1 Å². The highest BCUT2D eigenvalue weighted by molar-refractivity contribution is 6.04. The molecule has 2 aromatic heterocycles. The van der Waals surface area contributed by atoms with E-state index in [-0.39, 0.29) is 48.9 Å². The van der Waals surface area contributed by atoms with E-state index in [1.807, 2.05) is 151 Å². The van der Waals surface area contributed by atoms with Gasteiger partial charge in [0, 0.05) is 56.0 Å². The van der Waals surface area contributed by atoms with E-state index >= 15 is 0 Å². The summed E-state index contributed by atoms with van der Waals surface area (Å²) in [4.78, 5) is 64.1. The van der Waals surface area contributed by atoms with Crippen LogP contribution in [0.15, 0.2) is 158 Å². The smallest absolute Gasteiger partial charge is 0.274 e. The van der Waals surface area contributed by atoms with Crippen molar-refractivity contribution in [1.29, 1.82) is 0 Å². The van der Waals surface area contributed by atoms with E-state index in [0.29, 0.717) is 86.0 Å². The van der Waals surface area contributed by atoms with Crippen LogP contribution in [-0.2, 0) is 25.9 Å². The molecule has 0 saturated carbocycles. The molecular formula is C78H90N8O7.